The van der Waals surface area contributed by atoms with E-state index >= 15 is 0 Å². The number of aliphatic hydroxyl groups is 1. The van der Waals surface area contributed by atoms with Gasteiger partial charge in [-0.25, -0.2) is 0 Å². The quantitative estimate of drug-likeness (QED) is 0.771. The van der Waals surface area contributed by atoms with Crippen LogP contribution in [0.4, 0.5) is 0 Å². The van der Waals surface area contributed by atoms with E-state index in [0.29, 0.717) is 19.8 Å². The molecule has 1 N–H and O–H groups in total. The summed E-state index contributed by atoms with van der Waals surface area (Å²) >= 11 is 3.51. The summed E-state index contributed by atoms with van der Waals surface area (Å²) in [7, 11) is 0. The Bertz CT molecular complexity index is 717. The number of ether oxygens (including phenoxy) is 2. The van der Waals surface area contributed by atoms with E-state index in [9.17, 15) is 5.11 Å². The maximum Gasteiger partial charge on any atom is 0.125 e. The number of para-hydroxylation sites is 1. The van der Waals surface area contributed by atoms with Crippen molar-refractivity contribution in [2.75, 3.05) is 32.8 Å². The molecular formula is C21H26BrNO3. The smallest absolute Gasteiger partial charge is 0.125 e. The largest absolute Gasteiger partial charge is 0.490 e. The number of halogens is 1. The second-order valence-corrected chi connectivity index (χ2v) is 7.78. The molecule has 0 saturated carbocycles. The van der Waals surface area contributed by atoms with Crippen molar-refractivity contribution in [3.8, 4) is 5.75 Å². The lowest BCUT2D eigenvalue weighted by Gasteiger charge is -2.34. The fraction of sp³-hybridized carbons (Fsp3) is 0.429. The van der Waals surface area contributed by atoms with Crippen LogP contribution in [0, 0.1) is 13.8 Å². The second kappa shape index (κ2) is 9.00. The predicted octanol–water partition coefficient (Wildman–Crippen LogP) is 3.88. The Morgan fingerprint density at radius 2 is 1.96 bits per heavy atom. The Balaban J connectivity index is 1.53. The molecule has 2 atom stereocenters. The first kappa shape index (κ1) is 19.4. The van der Waals surface area contributed by atoms with Gasteiger partial charge in [-0.1, -0.05) is 46.3 Å². The van der Waals surface area contributed by atoms with Gasteiger partial charge in [0.15, 0.2) is 0 Å². The highest BCUT2D eigenvalue weighted by Crippen LogP contribution is 2.25. The minimum Gasteiger partial charge on any atom is -0.490 e. The maximum atomic E-state index is 10.4. The van der Waals surface area contributed by atoms with E-state index in [-0.39, 0.29) is 6.10 Å². The highest BCUT2D eigenvalue weighted by Gasteiger charge is 2.24. The van der Waals surface area contributed by atoms with Crippen LogP contribution in [0.1, 0.15) is 22.8 Å². The SMILES string of the molecule is Cc1cccc(C)c1OCC(O)CN1CCOC(c2cccc(Br)c2)C1. The fourth-order valence-corrected chi connectivity index (χ4v) is 3.75. The number of β-amino-alcohol motifs (C(OH)–C–C–N with tert-alkyl or cyclic N) is 1. The molecule has 0 spiro atoms. The molecule has 0 aromatic heterocycles. The van der Waals surface area contributed by atoms with Crippen LogP contribution in [-0.2, 0) is 4.74 Å². The van der Waals surface area contributed by atoms with Gasteiger partial charge >= 0.3 is 0 Å². The van der Waals surface area contributed by atoms with Crippen LogP contribution in [0.25, 0.3) is 0 Å². The standard InChI is InChI=1S/C21H26BrNO3/c1-15-5-3-6-16(2)21(15)26-14-19(24)12-23-9-10-25-20(13-23)17-7-4-8-18(22)11-17/h3-8,11,19-20,24H,9-10,12-14H2,1-2H3. The Morgan fingerprint density at radius 3 is 2.69 bits per heavy atom. The van der Waals surface area contributed by atoms with E-state index in [1.54, 1.807) is 0 Å². The topological polar surface area (TPSA) is 41.9 Å². The zero-order chi connectivity index (χ0) is 18.5. The number of rotatable bonds is 6. The molecule has 1 aliphatic rings. The highest BCUT2D eigenvalue weighted by molar-refractivity contribution is 9.10. The van der Waals surface area contributed by atoms with Gasteiger partial charge in [0, 0.05) is 24.1 Å². The van der Waals surface area contributed by atoms with Crippen LogP contribution in [-0.4, -0.2) is 49.0 Å². The third-order valence-corrected chi connectivity index (χ3v) is 5.16. The molecule has 0 amide bonds. The van der Waals surface area contributed by atoms with E-state index in [2.05, 4.69) is 33.0 Å². The predicted molar refractivity (Wildman–Crippen MR) is 107 cm³/mol. The van der Waals surface area contributed by atoms with Crippen molar-refractivity contribution in [1.29, 1.82) is 0 Å². The molecule has 1 heterocycles. The van der Waals surface area contributed by atoms with Crippen LogP contribution in [0.2, 0.25) is 0 Å². The first-order valence-corrected chi connectivity index (χ1v) is 9.78. The lowest BCUT2D eigenvalue weighted by Crippen LogP contribution is -2.43. The Labute approximate surface area is 163 Å². The third kappa shape index (κ3) is 5.07. The van der Waals surface area contributed by atoms with Gasteiger partial charge in [-0.2, -0.15) is 0 Å². The number of nitrogens with zero attached hydrogens (tertiary/aromatic N) is 1. The van der Waals surface area contributed by atoms with Gasteiger partial charge in [-0.05, 0) is 42.7 Å². The molecule has 1 fully saturated rings. The molecule has 5 heteroatoms. The lowest BCUT2D eigenvalue weighted by molar-refractivity contribution is -0.0460. The van der Waals surface area contributed by atoms with E-state index in [0.717, 1.165) is 40.0 Å². The first-order valence-electron chi connectivity index (χ1n) is 8.99. The van der Waals surface area contributed by atoms with Gasteiger partial charge < -0.3 is 14.6 Å². The Kier molecular flexibility index (Phi) is 6.70. The lowest BCUT2D eigenvalue weighted by atomic mass is 10.1. The molecule has 1 aliphatic heterocycles. The van der Waals surface area contributed by atoms with Gasteiger partial charge in [0.1, 0.15) is 18.5 Å². The summed E-state index contributed by atoms with van der Waals surface area (Å²) in [5.41, 5.74) is 3.35. The van der Waals surface area contributed by atoms with Crippen molar-refractivity contribution in [2.45, 2.75) is 26.1 Å². The summed E-state index contributed by atoms with van der Waals surface area (Å²) in [6.45, 7) is 7.20. The Hall–Kier alpha value is -1.40. The van der Waals surface area contributed by atoms with Crippen molar-refractivity contribution in [1.82, 2.24) is 4.90 Å². The van der Waals surface area contributed by atoms with Crippen LogP contribution >= 0.6 is 15.9 Å². The fourth-order valence-electron chi connectivity index (χ4n) is 3.33. The van der Waals surface area contributed by atoms with E-state index in [1.165, 1.54) is 0 Å². The maximum absolute atomic E-state index is 10.4. The molecule has 2 aromatic carbocycles. The van der Waals surface area contributed by atoms with Crippen LogP contribution < -0.4 is 4.74 Å². The average molecular weight is 420 g/mol. The number of hydrogen-bond acceptors (Lipinski definition) is 4. The molecule has 0 radical (unpaired) electrons. The minimum atomic E-state index is -0.532. The zero-order valence-corrected chi connectivity index (χ0v) is 16.9. The molecule has 140 valence electrons. The van der Waals surface area contributed by atoms with Crippen molar-refractivity contribution in [3.63, 3.8) is 0 Å². The zero-order valence-electron chi connectivity index (χ0n) is 15.3. The van der Waals surface area contributed by atoms with Crippen molar-refractivity contribution >= 4 is 15.9 Å². The minimum absolute atomic E-state index is 0.0352. The molecule has 1 saturated heterocycles. The number of benzene rings is 2. The summed E-state index contributed by atoms with van der Waals surface area (Å²) in [4.78, 5) is 2.24. The van der Waals surface area contributed by atoms with Gasteiger partial charge in [-0.3, -0.25) is 4.90 Å². The van der Waals surface area contributed by atoms with Crippen LogP contribution in [0.5, 0.6) is 5.75 Å². The van der Waals surface area contributed by atoms with Gasteiger partial charge in [0.25, 0.3) is 0 Å². The molecular weight excluding hydrogens is 394 g/mol. The summed E-state index contributed by atoms with van der Waals surface area (Å²) in [6, 6.07) is 14.3. The summed E-state index contributed by atoms with van der Waals surface area (Å²) in [5, 5.41) is 10.4. The summed E-state index contributed by atoms with van der Waals surface area (Å²) in [5.74, 6) is 0.875. The van der Waals surface area contributed by atoms with Crippen LogP contribution in [0.15, 0.2) is 46.9 Å². The second-order valence-electron chi connectivity index (χ2n) is 6.86. The monoisotopic (exact) mass is 419 g/mol. The Morgan fingerprint density at radius 1 is 1.23 bits per heavy atom. The van der Waals surface area contributed by atoms with Gasteiger partial charge in [0.05, 0.1) is 12.7 Å². The van der Waals surface area contributed by atoms with E-state index < -0.39 is 6.10 Å². The highest BCUT2D eigenvalue weighted by atomic mass is 79.9. The number of aryl methyl sites for hydroxylation is 2. The van der Waals surface area contributed by atoms with Crippen LogP contribution in [0.3, 0.4) is 0 Å². The van der Waals surface area contributed by atoms with Gasteiger partial charge in [0.2, 0.25) is 0 Å². The average Bonchev–Trinajstić information content (AvgIpc) is 2.61. The van der Waals surface area contributed by atoms with Crippen molar-refractivity contribution in [2.24, 2.45) is 0 Å². The first-order chi connectivity index (χ1) is 12.5. The van der Waals surface area contributed by atoms with Crippen molar-refractivity contribution < 1.29 is 14.6 Å². The molecule has 0 aliphatic carbocycles. The third-order valence-electron chi connectivity index (χ3n) is 4.67. The number of hydrogen-bond donors (Lipinski definition) is 1. The normalized spacial score (nSPS) is 19.3. The molecule has 0 bridgehead atoms. The number of aliphatic hydroxyl groups excluding tert-OH is 1. The molecule has 3 rings (SSSR count). The molecule has 2 unspecified atom stereocenters. The number of morpholine rings is 1. The molecule has 4 nitrogen and oxygen atoms in total. The van der Waals surface area contributed by atoms with Crippen molar-refractivity contribution in [3.05, 3.63) is 63.6 Å². The molecule has 2 aromatic rings. The summed E-state index contributed by atoms with van der Waals surface area (Å²) in [6.07, 6.45) is -0.497. The van der Waals surface area contributed by atoms with E-state index in [1.807, 2.05) is 44.2 Å². The van der Waals surface area contributed by atoms with E-state index in [4.69, 9.17) is 9.47 Å². The summed E-state index contributed by atoms with van der Waals surface area (Å²) < 4.78 is 12.9. The molecule has 26 heavy (non-hydrogen) atoms. The van der Waals surface area contributed by atoms with Gasteiger partial charge in [-0.15, -0.1) is 0 Å².